The predicted octanol–water partition coefficient (Wildman–Crippen LogP) is 2.67. The molecule has 0 aliphatic heterocycles. The third kappa shape index (κ3) is 4.48. The fourth-order valence-corrected chi connectivity index (χ4v) is 3.01. The minimum absolute atomic E-state index is 0.214. The van der Waals surface area contributed by atoms with Crippen molar-refractivity contribution in [3.05, 3.63) is 53.6 Å². The highest BCUT2D eigenvalue weighted by atomic mass is 32.1. The maximum Gasteiger partial charge on any atom is 0.193 e. The maximum atomic E-state index is 13.6. The first-order chi connectivity index (χ1) is 12.2. The number of rotatable bonds is 6. The summed E-state index contributed by atoms with van der Waals surface area (Å²) in [7, 11) is 1.70. The van der Waals surface area contributed by atoms with Crippen molar-refractivity contribution in [2.45, 2.75) is 19.6 Å². The number of hydrogen-bond acceptors (Lipinski definition) is 4. The lowest BCUT2D eigenvalue weighted by Crippen LogP contribution is -2.41. The highest BCUT2D eigenvalue weighted by Crippen LogP contribution is 2.16. The fraction of sp³-hybridized carbons (Fsp3) is 0.294. The molecule has 0 aliphatic carbocycles. The number of para-hydroxylation sites is 1. The van der Waals surface area contributed by atoms with E-state index in [0.717, 1.165) is 10.7 Å². The average Bonchev–Trinajstić information content (AvgIpc) is 3.18. The molecule has 0 amide bonds. The van der Waals surface area contributed by atoms with E-state index in [1.165, 1.54) is 6.07 Å². The molecule has 0 radical (unpaired) electrons. The zero-order valence-electron chi connectivity index (χ0n) is 14.1. The second-order valence-electron chi connectivity index (χ2n) is 5.49. The molecule has 132 valence electrons. The van der Waals surface area contributed by atoms with Gasteiger partial charge in [0.1, 0.15) is 6.10 Å². The summed E-state index contributed by atoms with van der Waals surface area (Å²) in [4.78, 5) is 9.65. The predicted molar refractivity (Wildman–Crippen MR) is 97.8 cm³/mol. The molecule has 6 nitrogen and oxygen atoms in total. The molecule has 3 aromatic rings. The second kappa shape index (κ2) is 7.98. The van der Waals surface area contributed by atoms with Crippen molar-refractivity contribution in [2.75, 3.05) is 13.6 Å². The summed E-state index contributed by atoms with van der Waals surface area (Å²) in [5.74, 6) is 0.523. The molecular weight excluding hydrogens is 341 g/mol. The van der Waals surface area contributed by atoms with Gasteiger partial charge >= 0.3 is 0 Å². The van der Waals surface area contributed by atoms with Gasteiger partial charge in [-0.2, -0.15) is 0 Å². The zero-order valence-corrected chi connectivity index (χ0v) is 14.9. The highest BCUT2D eigenvalue weighted by Gasteiger charge is 2.09. The molecule has 1 atom stereocenters. The Kier molecular flexibility index (Phi) is 5.49. The molecule has 1 unspecified atom stereocenters. The van der Waals surface area contributed by atoms with Crippen LogP contribution in [-0.2, 0) is 6.54 Å². The second-order valence-corrected chi connectivity index (χ2v) is 6.36. The molecule has 0 spiro atoms. The molecule has 2 heterocycles. The summed E-state index contributed by atoms with van der Waals surface area (Å²) in [5.41, 5.74) is 0.936. The van der Waals surface area contributed by atoms with Crippen LogP contribution in [0.1, 0.15) is 12.6 Å². The molecule has 1 aromatic carbocycles. The molecule has 0 bridgehead atoms. The number of fused-ring (bicyclic) bond motifs is 1. The topological polar surface area (TPSA) is 63.0 Å². The molecule has 0 saturated heterocycles. The number of ether oxygens (including phenoxy) is 1. The third-order valence-electron chi connectivity index (χ3n) is 3.53. The van der Waals surface area contributed by atoms with Gasteiger partial charge in [-0.25, -0.2) is 9.37 Å². The third-order valence-corrected chi connectivity index (χ3v) is 4.30. The van der Waals surface area contributed by atoms with Crippen molar-refractivity contribution in [3.63, 3.8) is 0 Å². The largest absolute Gasteiger partial charge is 0.486 e. The standard InChI is InChI=1S/C17H20FN5OS/c1-12(24-15-6-4-3-5-14(15)18)9-20-16(19-2)21-10-13-11-23-7-8-25-17(23)22-13/h3-8,11-12H,9-10H2,1-2H3,(H2,19,20,21). The van der Waals surface area contributed by atoms with Crippen LogP contribution >= 0.6 is 11.3 Å². The van der Waals surface area contributed by atoms with E-state index in [9.17, 15) is 4.39 Å². The van der Waals surface area contributed by atoms with Crippen LogP contribution in [0.4, 0.5) is 4.39 Å². The van der Waals surface area contributed by atoms with Gasteiger partial charge in [-0.1, -0.05) is 12.1 Å². The molecule has 2 N–H and O–H groups in total. The van der Waals surface area contributed by atoms with Crippen molar-refractivity contribution >= 4 is 22.3 Å². The number of guanidine groups is 1. The summed E-state index contributed by atoms with van der Waals surface area (Å²) in [5, 5.41) is 8.37. The van der Waals surface area contributed by atoms with Gasteiger partial charge in [0.25, 0.3) is 0 Å². The monoisotopic (exact) mass is 361 g/mol. The molecule has 0 aliphatic rings. The summed E-state index contributed by atoms with van der Waals surface area (Å²) < 4.78 is 21.2. The van der Waals surface area contributed by atoms with Gasteiger partial charge in [-0.15, -0.1) is 11.3 Å². The SMILES string of the molecule is CN=C(NCc1cn2ccsc2n1)NCC(C)Oc1ccccc1F. The summed E-state index contributed by atoms with van der Waals surface area (Å²) in [6.45, 7) is 2.93. The van der Waals surface area contributed by atoms with Crippen LogP contribution in [0.25, 0.3) is 4.96 Å². The first kappa shape index (κ1) is 17.2. The first-order valence-electron chi connectivity index (χ1n) is 7.92. The number of hydrogen-bond donors (Lipinski definition) is 2. The van der Waals surface area contributed by atoms with Crippen molar-refractivity contribution < 1.29 is 9.13 Å². The molecule has 8 heteroatoms. The van der Waals surface area contributed by atoms with E-state index in [4.69, 9.17) is 4.74 Å². The lowest BCUT2D eigenvalue weighted by molar-refractivity contribution is 0.214. The van der Waals surface area contributed by atoms with E-state index in [-0.39, 0.29) is 17.7 Å². The normalized spacial score (nSPS) is 13.0. The van der Waals surface area contributed by atoms with E-state index in [1.54, 1.807) is 36.6 Å². The van der Waals surface area contributed by atoms with Gasteiger partial charge in [0.15, 0.2) is 22.5 Å². The van der Waals surface area contributed by atoms with Crippen LogP contribution in [0.5, 0.6) is 5.75 Å². The van der Waals surface area contributed by atoms with Crippen molar-refractivity contribution in [1.82, 2.24) is 20.0 Å². The molecule has 3 rings (SSSR count). The van der Waals surface area contributed by atoms with Crippen LogP contribution in [0.3, 0.4) is 0 Å². The smallest absolute Gasteiger partial charge is 0.193 e. The summed E-state index contributed by atoms with van der Waals surface area (Å²) in [6, 6.07) is 6.38. The quantitative estimate of drug-likeness (QED) is 0.523. The lowest BCUT2D eigenvalue weighted by atomic mass is 10.3. The van der Waals surface area contributed by atoms with E-state index >= 15 is 0 Å². The van der Waals surface area contributed by atoms with Crippen molar-refractivity contribution in [3.8, 4) is 5.75 Å². The number of nitrogens with zero attached hydrogens (tertiary/aromatic N) is 3. The van der Waals surface area contributed by atoms with Gasteiger partial charge in [0.05, 0.1) is 18.8 Å². The Balaban J connectivity index is 1.47. The first-order valence-corrected chi connectivity index (χ1v) is 8.80. The van der Waals surface area contributed by atoms with E-state index < -0.39 is 0 Å². The maximum absolute atomic E-state index is 13.6. The molecule has 2 aromatic heterocycles. The number of imidazole rings is 1. The van der Waals surface area contributed by atoms with Gasteiger partial charge in [-0.3, -0.25) is 9.39 Å². The van der Waals surface area contributed by atoms with Crippen LogP contribution in [0.2, 0.25) is 0 Å². The number of thiazole rings is 1. The Hall–Kier alpha value is -2.61. The van der Waals surface area contributed by atoms with E-state index in [2.05, 4.69) is 20.6 Å². The lowest BCUT2D eigenvalue weighted by Gasteiger charge is -2.17. The molecule has 0 saturated carbocycles. The fourth-order valence-electron chi connectivity index (χ4n) is 2.30. The highest BCUT2D eigenvalue weighted by molar-refractivity contribution is 7.15. The molecular formula is C17H20FN5OS. The van der Waals surface area contributed by atoms with E-state index in [1.807, 2.05) is 29.1 Å². The molecule has 25 heavy (non-hydrogen) atoms. The van der Waals surface area contributed by atoms with Crippen molar-refractivity contribution in [2.24, 2.45) is 4.99 Å². The minimum Gasteiger partial charge on any atom is -0.486 e. The van der Waals surface area contributed by atoms with Crippen molar-refractivity contribution in [1.29, 1.82) is 0 Å². The number of nitrogens with one attached hydrogen (secondary N) is 2. The number of aliphatic imine (C=N–C) groups is 1. The van der Waals surface area contributed by atoms with E-state index in [0.29, 0.717) is 19.0 Å². The number of aromatic nitrogens is 2. The van der Waals surface area contributed by atoms with Gasteiger partial charge in [-0.05, 0) is 19.1 Å². The Labute approximate surface area is 149 Å². The van der Waals surface area contributed by atoms with Gasteiger partial charge in [0.2, 0.25) is 0 Å². The average molecular weight is 361 g/mol. The minimum atomic E-state index is -0.364. The number of benzene rings is 1. The van der Waals surface area contributed by atoms with Crippen LogP contribution in [0.15, 0.2) is 47.0 Å². The summed E-state index contributed by atoms with van der Waals surface area (Å²) in [6.07, 6.45) is 3.75. The Morgan fingerprint density at radius 1 is 1.40 bits per heavy atom. The zero-order chi connectivity index (χ0) is 17.6. The Morgan fingerprint density at radius 3 is 3.00 bits per heavy atom. The van der Waals surface area contributed by atoms with Gasteiger partial charge < -0.3 is 15.4 Å². The van der Waals surface area contributed by atoms with Crippen LogP contribution < -0.4 is 15.4 Å². The Morgan fingerprint density at radius 2 is 2.24 bits per heavy atom. The Bertz CT molecular complexity index is 831. The van der Waals surface area contributed by atoms with Gasteiger partial charge in [0, 0.05) is 24.8 Å². The van der Waals surface area contributed by atoms with Crippen LogP contribution in [0, 0.1) is 5.82 Å². The summed E-state index contributed by atoms with van der Waals surface area (Å²) >= 11 is 1.60. The van der Waals surface area contributed by atoms with Crippen LogP contribution in [-0.4, -0.2) is 35.0 Å². The number of halogens is 1. The molecule has 0 fully saturated rings.